The van der Waals surface area contributed by atoms with Crippen molar-refractivity contribution in [3.05, 3.63) is 17.8 Å². The molecule has 0 spiro atoms. The highest BCUT2D eigenvalue weighted by Crippen LogP contribution is 2.44. The van der Waals surface area contributed by atoms with Gasteiger partial charge < -0.3 is 14.2 Å². The zero-order valence-corrected chi connectivity index (χ0v) is 12.7. The van der Waals surface area contributed by atoms with E-state index in [4.69, 9.17) is 0 Å². The maximum atomic E-state index is 13.2. The SMILES string of the molecule is C[C@H]1Cn2c(nnc2C2CC2)-c2cnc([C@@](C)(O)C(F)(F)F)n21. The number of aliphatic hydroxyl groups is 1. The summed E-state index contributed by atoms with van der Waals surface area (Å²) >= 11 is 0. The number of hydrogen-bond donors (Lipinski definition) is 1. The first-order valence-electron chi connectivity index (χ1n) is 7.52. The number of hydrogen-bond acceptors (Lipinski definition) is 4. The summed E-state index contributed by atoms with van der Waals surface area (Å²) in [5.74, 6) is 1.40. The van der Waals surface area contributed by atoms with Crippen molar-refractivity contribution in [3.63, 3.8) is 0 Å². The Morgan fingerprint density at radius 3 is 2.57 bits per heavy atom. The topological polar surface area (TPSA) is 68.8 Å². The Morgan fingerprint density at radius 2 is 1.96 bits per heavy atom. The Labute approximate surface area is 130 Å². The highest BCUT2D eigenvalue weighted by atomic mass is 19.4. The van der Waals surface area contributed by atoms with Crippen LogP contribution in [0.5, 0.6) is 0 Å². The van der Waals surface area contributed by atoms with E-state index >= 15 is 0 Å². The van der Waals surface area contributed by atoms with Gasteiger partial charge in [-0.3, -0.25) is 0 Å². The van der Waals surface area contributed by atoms with E-state index in [2.05, 4.69) is 15.2 Å². The van der Waals surface area contributed by atoms with Crippen LogP contribution in [0.2, 0.25) is 0 Å². The molecular weight excluding hydrogens is 311 g/mol. The van der Waals surface area contributed by atoms with E-state index in [1.54, 1.807) is 6.92 Å². The molecule has 0 saturated heterocycles. The minimum Gasteiger partial charge on any atom is -0.374 e. The summed E-state index contributed by atoms with van der Waals surface area (Å²) in [5.41, 5.74) is -2.55. The Kier molecular flexibility index (Phi) is 2.77. The number of alkyl halides is 3. The lowest BCUT2D eigenvalue weighted by atomic mass is 10.0. The molecule has 1 aliphatic heterocycles. The van der Waals surface area contributed by atoms with Crippen molar-refractivity contribution in [1.29, 1.82) is 0 Å². The van der Waals surface area contributed by atoms with E-state index in [9.17, 15) is 18.3 Å². The highest BCUT2D eigenvalue weighted by Gasteiger charge is 2.55. The van der Waals surface area contributed by atoms with Gasteiger partial charge in [0.05, 0.1) is 12.2 Å². The van der Waals surface area contributed by atoms with Gasteiger partial charge in [0, 0.05) is 12.5 Å². The fraction of sp³-hybridized carbons (Fsp3) is 0.643. The van der Waals surface area contributed by atoms with Crippen molar-refractivity contribution in [2.75, 3.05) is 0 Å². The second-order valence-electron chi connectivity index (χ2n) is 6.52. The van der Waals surface area contributed by atoms with Crippen LogP contribution in [-0.4, -0.2) is 35.6 Å². The van der Waals surface area contributed by atoms with Crippen molar-refractivity contribution in [3.8, 4) is 11.5 Å². The fourth-order valence-electron chi connectivity index (χ4n) is 3.13. The summed E-state index contributed by atoms with van der Waals surface area (Å²) in [6, 6.07) is -0.280. The molecule has 0 unspecified atom stereocenters. The van der Waals surface area contributed by atoms with Crippen LogP contribution in [0.3, 0.4) is 0 Å². The molecule has 3 heterocycles. The largest absolute Gasteiger partial charge is 0.424 e. The summed E-state index contributed by atoms with van der Waals surface area (Å²) in [5, 5.41) is 18.3. The fourth-order valence-corrected chi connectivity index (χ4v) is 3.13. The van der Waals surface area contributed by atoms with Gasteiger partial charge in [-0.25, -0.2) is 4.98 Å². The second kappa shape index (κ2) is 4.34. The quantitative estimate of drug-likeness (QED) is 0.919. The van der Waals surface area contributed by atoms with Crippen LogP contribution in [-0.2, 0) is 12.1 Å². The first-order chi connectivity index (χ1) is 10.7. The molecule has 2 aliphatic rings. The molecule has 2 aromatic heterocycles. The molecule has 2 atom stereocenters. The number of fused-ring (bicyclic) bond motifs is 3. The van der Waals surface area contributed by atoms with E-state index in [-0.39, 0.29) is 6.04 Å². The van der Waals surface area contributed by atoms with E-state index in [0.717, 1.165) is 25.6 Å². The van der Waals surface area contributed by atoms with Gasteiger partial charge in [-0.2, -0.15) is 13.2 Å². The van der Waals surface area contributed by atoms with E-state index in [1.165, 1.54) is 10.8 Å². The van der Waals surface area contributed by atoms with Crippen LogP contribution >= 0.6 is 0 Å². The molecule has 1 aliphatic carbocycles. The summed E-state index contributed by atoms with van der Waals surface area (Å²) < 4.78 is 42.9. The van der Waals surface area contributed by atoms with Crippen LogP contribution < -0.4 is 0 Å². The zero-order chi connectivity index (χ0) is 16.6. The van der Waals surface area contributed by atoms with Crippen LogP contribution in [0.15, 0.2) is 6.20 Å². The van der Waals surface area contributed by atoms with E-state index in [1.807, 2.05) is 4.57 Å². The Bertz CT molecular complexity index is 772. The Hall–Kier alpha value is -1.90. The molecule has 0 aromatic carbocycles. The predicted octanol–water partition coefficient (Wildman–Crippen LogP) is 2.36. The molecule has 2 aromatic rings. The first-order valence-corrected chi connectivity index (χ1v) is 7.52. The molecule has 1 fully saturated rings. The lowest BCUT2D eigenvalue weighted by Gasteiger charge is -2.31. The Balaban J connectivity index is 1.86. The molecule has 6 nitrogen and oxygen atoms in total. The van der Waals surface area contributed by atoms with Crippen LogP contribution in [0.1, 0.15) is 50.3 Å². The zero-order valence-electron chi connectivity index (χ0n) is 12.7. The summed E-state index contributed by atoms with van der Waals surface area (Å²) in [6.07, 6.45) is -1.33. The number of imidazole rings is 1. The van der Waals surface area contributed by atoms with Crippen molar-refractivity contribution >= 4 is 0 Å². The molecule has 0 bridgehead atoms. The average molecular weight is 327 g/mol. The number of rotatable bonds is 2. The van der Waals surface area contributed by atoms with E-state index < -0.39 is 17.6 Å². The third-order valence-electron chi connectivity index (χ3n) is 4.62. The van der Waals surface area contributed by atoms with Crippen LogP contribution in [0, 0.1) is 0 Å². The number of halogens is 3. The molecule has 124 valence electrons. The highest BCUT2D eigenvalue weighted by molar-refractivity contribution is 5.53. The summed E-state index contributed by atoms with van der Waals surface area (Å²) in [6.45, 7) is 3.00. The molecule has 1 N–H and O–H groups in total. The molecule has 0 radical (unpaired) electrons. The second-order valence-corrected chi connectivity index (χ2v) is 6.52. The van der Waals surface area contributed by atoms with Gasteiger partial charge >= 0.3 is 6.18 Å². The lowest BCUT2D eigenvalue weighted by molar-refractivity contribution is -0.262. The number of aromatic nitrogens is 5. The third-order valence-corrected chi connectivity index (χ3v) is 4.62. The number of nitrogens with zero attached hydrogens (tertiary/aromatic N) is 5. The molecular formula is C14H16F3N5O. The van der Waals surface area contributed by atoms with Gasteiger partial charge in [0.15, 0.2) is 11.6 Å². The Morgan fingerprint density at radius 1 is 1.26 bits per heavy atom. The first kappa shape index (κ1) is 14.7. The molecule has 9 heteroatoms. The van der Waals surface area contributed by atoms with Gasteiger partial charge in [-0.1, -0.05) is 0 Å². The van der Waals surface area contributed by atoms with Gasteiger partial charge in [0.1, 0.15) is 11.5 Å². The maximum Gasteiger partial charge on any atom is 0.424 e. The average Bonchev–Trinajstić information content (AvgIpc) is 3.03. The van der Waals surface area contributed by atoms with Crippen molar-refractivity contribution in [2.45, 2.75) is 57.0 Å². The molecule has 0 amide bonds. The van der Waals surface area contributed by atoms with E-state index in [0.29, 0.717) is 24.0 Å². The molecule has 1 saturated carbocycles. The summed E-state index contributed by atoms with van der Waals surface area (Å²) in [7, 11) is 0. The lowest BCUT2D eigenvalue weighted by Crippen LogP contribution is -2.42. The van der Waals surface area contributed by atoms with Crippen LogP contribution in [0.4, 0.5) is 13.2 Å². The predicted molar refractivity (Wildman–Crippen MR) is 73.6 cm³/mol. The monoisotopic (exact) mass is 327 g/mol. The smallest absolute Gasteiger partial charge is 0.374 e. The molecule has 23 heavy (non-hydrogen) atoms. The van der Waals surface area contributed by atoms with Gasteiger partial charge in [-0.15, -0.1) is 10.2 Å². The minimum absolute atomic E-state index is 0.280. The van der Waals surface area contributed by atoms with Crippen molar-refractivity contribution < 1.29 is 18.3 Å². The van der Waals surface area contributed by atoms with Crippen LogP contribution in [0.25, 0.3) is 11.5 Å². The van der Waals surface area contributed by atoms with Gasteiger partial charge in [0.25, 0.3) is 0 Å². The maximum absolute atomic E-state index is 13.2. The van der Waals surface area contributed by atoms with Gasteiger partial charge in [-0.05, 0) is 26.7 Å². The summed E-state index contributed by atoms with van der Waals surface area (Å²) in [4.78, 5) is 3.87. The van der Waals surface area contributed by atoms with Crippen molar-refractivity contribution in [1.82, 2.24) is 24.3 Å². The normalized spacial score (nSPS) is 23.3. The molecule has 4 rings (SSSR count). The third kappa shape index (κ3) is 1.95. The standard InChI is InChI=1S/C14H16F3N5O/c1-7-6-21-10(8-3-4-8)19-20-11(21)9-5-18-12(22(7)9)13(2,23)14(15,16)17/h5,7-8,23H,3-4,6H2,1-2H3/t7-,13+/m0/s1. The van der Waals surface area contributed by atoms with Crippen molar-refractivity contribution in [2.24, 2.45) is 0 Å². The minimum atomic E-state index is -4.81. The van der Waals surface area contributed by atoms with Gasteiger partial charge in [0.2, 0.25) is 5.60 Å².